The van der Waals surface area contributed by atoms with Gasteiger partial charge in [-0.05, 0) is 31.5 Å². The predicted molar refractivity (Wildman–Crippen MR) is 67.9 cm³/mol. The molecule has 3 nitrogen and oxygen atoms in total. The quantitative estimate of drug-likeness (QED) is 0.761. The molecule has 0 aromatic rings. The summed E-state index contributed by atoms with van der Waals surface area (Å²) in [6.45, 7) is 13.2. The van der Waals surface area contributed by atoms with Gasteiger partial charge in [0, 0.05) is 6.42 Å². The van der Waals surface area contributed by atoms with Gasteiger partial charge in [0.1, 0.15) is 0 Å². The summed E-state index contributed by atoms with van der Waals surface area (Å²) in [5.74, 6) is 0. The highest BCUT2D eigenvalue weighted by molar-refractivity contribution is 6.74. The first-order valence-corrected chi connectivity index (χ1v) is 9.05. The zero-order valence-corrected chi connectivity index (χ0v) is 12.4. The van der Waals surface area contributed by atoms with Crippen molar-refractivity contribution in [2.45, 2.75) is 77.2 Å². The van der Waals surface area contributed by atoms with Gasteiger partial charge in [-0.2, -0.15) is 0 Å². The molecule has 1 N–H and O–H groups in total. The van der Waals surface area contributed by atoms with Gasteiger partial charge in [-0.25, -0.2) is 0 Å². The molecule has 0 aliphatic carbocycles. The molecule has 0 aromatic heterocycles. The summed E-state index contributed by atoms with van der Waals surface area (Å²) < 4.78 is 11.7. The average molecular weight is 246 g/mol. The van der Waals surface area contributed by atoms with Crippen molar-refractivity contribution in [1.82, 2.24) is 0 Å². The largest absolute Gasteiger partial charge is 0.411 e. The Morgan fingerprint density at radius 1 is 1.25 bits per heavy atom. The van der Waals surface area contributed by atoms with E-state index in [2.05, 4.69) is 33.9 Å². The Balaban J connectivity index is 2.60. The van der Waals surface area contributed by atoms with Crippen LogP contribution in [0.1, 0.15) is 40.5 Å². The second-order valence-electron chi connectivity index (χ2n) is 6.29. The lowest BCUT2D eigenvalue weighted by atomic mass is 10.1. The van der Waals surface area contributed by atoms with Crippen LogP contribution in [-0.2, 0) is 9.16 Å². The summed E-state index contributed by atoms with van der Waals surface area (Å²) in [7, 11) is -1.72. The molecule has 96 valence electrons. The fraction of sp³-hybridized carbons (Fsp3) is 1.00. The minimum atomic E-state index is -1.72. The topological polar surface area (TPSA) is 38.7 Å². The molecule has 0 saturated carbocycles. The van der Waals surface area contributed by atoms with Crippen molar-refractivity contribution >= 4 is 8.32 Å². The van der Waals surface area contributed by atoms with Gasteiger partial charge in [0.05, 0.1) is 12.2 Å². The van der Waals surface area contributed by atoms with Crippen LogP contribution in [0, 0.1) is 0 Å². The first-order valence-electron chi connectivity index (χ1n) is 6.15. The molecule has 0 amide bonds. The van der Waals surface area contributed by atoms with Gasteiger partial charge in [0.2, 0.25) is 0 Å². The molecule has 3 atom stereocenters. The summed E-state index contributed by atoms with van der Waals surface area (Å²) in [6.07, 6.45) is 1.12. The van der Waals surface area contributed by atoms with Gasteiger partial charge < -0.3 is 14.3 Å². The zero-order chi connectivity index (χ0) is 12.6. The summed E-state index contributed by atoms with van der Waals surface area (Å²) in [5.41, 5.74) is 0. The molecule has 1 rings (SSSR count). The molecule has 4 heteroatoms. The molecule has 1 aliphatic heterocycles. The maximum absolute atomic E-state index is 9.39. The van der Waals surface area contributed by atoms with E-state index in [1.165, 1.54) is 0 Å². The van der Waals surface area contributed by atoms with E-state index < -0.39 is 14.6 Å². The second kappa shape index (κ2) is 4.76. The summed E-state index contributed by atoms with van der Waals surface area (Å²) >= 11 is 0. The van der Waals surface area contributed by atoms with Crippen LogP contribution < -0.4 is 0 Å². The number of hydrogen-bond donors (Lipinski definition) is 1. The number of rotatable bonds is 2. The highest BCUT2D eigenvalue weighted by Crippen LogP contribution is 2.39. The third-order valence-corrected chi connectivity index (χ3v) is 8.35. The number of hydrogen-bond acceptors (Lipinski definition) is 3. The third-order valence-electron chi connectivity index (χ3n) is 3.85. The number of aliphatic hydroxyl groups excluding tert-OH is 1. The normalized spacial score (nSPS) is 32.8. The summed E-state index contributed by atoms with van der Waals surface area (Å²) in [6, 6.07) is 0. The maximum Gasteiger partial charge on any atom is 0.192 e. The molecule has 0 unspecified atom stereocenters. The maximum atomic E-state index is 9.39. The second-order valence-corrected chi connectivity index (χ2v) is 11.0. The Bertz CT molecular complexity index is 235. The molecule has 0 radical (unpaired) electrons. The van der Waals surface area contributed by atoms with Gasteiger partial charge >= 0.3 is 0 Å². The third kappa shape index (κ3) is 3.29. The zero-order valence-electron chi connectivity index (χ0n) is 11.4. The van der Waals surface area contributed by atoms with Gasteiger partial charge in [-0.3, -0.25) is 0 Å². The van der Waals surface area contributed by atoms with Crippen LogP contribution in [0.25, 0.3) is 0 Å². The Kier molecular flexibility index (Phi) is 4.22. The van der Waals surface area contributed by atoms with Crippen LogP contribution in [0.15, 0.2) is 0 Å². The molecular formula is C12H26O3Si. The highest BCUT2D eigenvalue weighted by Gasteiger charge is 2.41. The van der Waals surface area contributed by atoms with E-state index in [0.29, 0.717) is 6.42 Å². The Morgan fingerprint density at radius 2 is 1.81 bits per heavy atom. The summed E-state index contributed by atoms with van der Waals surface area (Å²) in [4.78, 5) is 0. The van der Waals surface area contributed by atoms with Gasteiger partial charge in [0.15, 0.2) is 14.6 Å². The lowest BCUT2D eigenvalue weighted by Gasteiger charge is -2.42. The van der Waals surface area contributed by atoms with Crippen molar-refractivity contribution in [3.63, 3.8) is 0 Å². The minimum Gasteiger partial charge on any atom is -0.411 e. The molecule has 0 spiro atoms. The SMILES string of the molecule is C[C@@H]1O[C@H](O)CC[C@@H]1O[Si](C)(C)C(C)(C)C. The van der Waals surface area contributed by atoms with Crippen LogP contribution in [0.4, 0.5) is 0 Å². The van der Waals surface area contributed by atoms with E-state index in [4.69, 9.17) is 9.16 Å². The smallest absolute Gasteiger partial charge is 0.192 e. The molecule has 0 bridgehead atoms. The van der Waals surface area contributed by atoms with Crippen LogP contribution in [0.5, 0.6) is 0 Å². The standard InChI is InChI=1S/C12H26O3Si/c1-9-10(7-8-11(13)14-9)15-16(5,6)12(2,3)4/h9-11,13H,7-8H2,1-6H3/t9-,10-,11-/m0/s1. The Morgan fingerprint density at radius 3 is 2.25 bits per heavy atom. The van der Waals surface area contributed by atoms with E-state index in [0.717, 1.165) is 6.42 Å². The lowest BCUT2D eigenvalue weighted by Crippen LogP contribution is -2.49. The van der Waals surface area contributed by atoms with Crippen molar-refractivity contribution in [3.05, 3.63) is 0 Å². The van der Waals surface area contributed by atoms with E-state index in [1.807, 2.05) is 6.92 Å². The van der Waals surface area contributed by atoms with E-state index in [9.17, 15) is 5.11 Å². The molecular weight excluding hydrogens is 220 g/mol. The van der Waals surface area contributed by atoms with Crippen molar-refractivity contribution < 1.29 is 14.3 Å². The Labute approximate surface area is 100 Å². The fourth-order valence-corrected chi connectivity index (χ4v) is 3.07. The first kappa shape index (κ1) is 14.2. The van der Waals surface area contributed by atoms with Gasteiger partial charge in [-0.1, -0.05) is 20.8 Å². The van der Waals surface area contributed by atoms with Crippen LogP contribution in [0.2, 0.25) is 18.1 Å². The van der Waals surface area contributed by atoms with Crippen molar-refractivity contribution in [1.29, 1.82) is 0 Å². The Hall–Kier alpha value is 0.0969. The number of ether oxygens (including phenoxy) is 1. The van der Waals surface area contributed by atoms with Crippen LogP contribution >= 0.6 is 0 Å². The highest BCUT2D eigenvalue weighted by atomic mass is 28.4. The van der Waals surface area contributed by atoms with Crippen LogP contribution in [-0.4, -0.2) is 31.9 Å². The minimum absolute atomic E-state index is 0.00197. The molecule has 16 heavy (non-hydrogen) atoms. The van der Waals surface area contributed by atoms with Crippen LogP contribution in [0.3, 0.4) is 0 Å². The summed E-state index contributed by atoms with van der Waals surface area (Å²) in [5, 5.41) is 9.61. The van der Waals surface area contributed by atoms with Gasteiger partial charge in [-0.15, -0.1) is 0 Å². The monoisotopic (exact) mass is 246 g/mol. The molecule has 1 saturated heterocycles. The van der Waals surface area contributed by atoms with E-state index in [1.54, 1.807) is 0 Å². The van der Waals surface area contributed by atoms with E-state index in [-0.39, 0.29) is 17.2 Å². The molecule has 0 aromatic carbocycles. The predicted octanol–water partition coefficient (Wildman–Crippen LogP) is 2.89. The molecule has 1 heterocycles. The average Bonchev–Trinajstić information content (AvgIpc) is 2.08. The van der Waals surface area contributed by atoms with Crippen molar-refractivity contribution in [2.24, 2.45) is 0 Å². The van der Waals surface area contributed by atoms with Gasteiger partial charge in [0.25, 0.3) is 0 Å². The van der Waals surface area contributed by atoms with Crippen molar-refractivity contribution in [2.75, 3.05) is 0 Å². The van der Waals surface area contributed by atoms with Crippen molar-refractivity contribution in [3.8, 4) is 0 Å². The number of aliphatic hydroxyl groups is 1. The van der Waals surface area contributed by atoms with E-state index >= 15 is 0 Å². The first-order chi connectivity index (χ1) is 7.13. The lowest BCUT2D eigenvalue weighted by molar-refractivity contribution is -0.189. The fourth-order valence-electron chi connectivity index (χ4n) is 1.65. The molecule has 1 aliphatic rings. The molecule has 1 fully saturated rings.